The Balaban J connectivity index is 2.26. The Morgan fingerprint density at radius 3 is 2.28 bits per heavy atom. The molecule has 0 bridgehead atoms. The van der Waals surface area contributed by atoms with E-state index in [-0.39, 0.29) is 0 Å². The Morgan fingerprint density at radius 1 is 0.889 bits per heavy atom. The first-order valence-electron chi connectivity index (χ1n) is 6.14. The van der Waals surface area contributed by atoms with E-state index in [0.29, 0.717) is 0 Å². The van der Waals surface area contributed by atoms with Gasteiger partial charge < -0.3 is 0 Å². The van der Waals surface area contributed by atoms with Crippen molar-refractivity contribution < 1.29 is 4.21 Å². The molecule has 1 aliphatic rings. The van der Waals surface area contributed by atoms with Crippen molar-refractivity contribution in [3.05, 3.63) is 42.5 Å². The Kier molecular flexibility index (Phi) is 2.90. The zero-order chi connectivity index (χ0) is 12.9. The molecule has 1 aliphatic heterocycles. The molecule has 0 amide bonds. The van der Waals surface area contributed by atoms with Gasteiger partial charge in [-0.05, 0) is 0 Å². The number of fused-ring (bicyclic) bond motifs is 3. The van der Waals surface area contributed by atoms with Crippen molar-refractivity contribution in [2.75, 3.05) is 0 Å². The SMILES string of the molecule is [CH3][Sn]([CH3])([CH3])[c]1ccc2c(c1)-c1ccccc1S2=O. The Labute approximate surface area is 115 Å². The van der Waals surface area contributed by atoms with Crippen LogP contribution >= 0.6 is 0 Å². The summed E-state index contributed by atoms with van der Waals surface area (Å²) in [7, 11) is -0.984. The normalized spacial score (nSPS) is 17.4. The summed E-state index contributed by atoms with van der Waals surface area (Å²) in [5.41, 5.74) is 2.34. The molecule has 1 nitrogen and oxygen atoms in total. The first-order chi connectivity index (χ1) is 8.48. The Morgan fingerprint density at radius 2 is 1.56 bits per heavy atom. The molecule has 0 radical (unpaired) electrons. The number of hydrogen-bond donors (Lipinski definition) is 0. The van der Waals surface area contributed by atoms with E-state index >= 15 is 0 Å². The van der Waals surface area contributed by atoms with Crippen LogP contribution in [0.4, 0.5) is 0 Å². The summed E-state index contributed by atoms with van der Waals surface area (Å²) >= 11 is -2.05. The molecule has 0 spiro atoms. The van der Waals surface area contributed by atoms with E-state index < -0.39 is 29.2 Å². The molecule has 3 heteroatoms. The summed E-state index contributed by atoms with van der Waals surface area (Å²) in [6, 6.07) is 14.6. The average Bonchev–Trinajstić information content (AvgIpc) is 2.63. The second-order valence-electron chi connectivity index (χ2n) is 5.73. The molecule has 2 aromatic carbocycles. The van der Waals surface area contributed by atoms with E-state index in [0.717, 1.165) is 15.4 Å². The third-order valence-electron chi connectivity index (χ3n) is 3.42. The molecule has 0 saturated heterocycles. The fourth-order valence-electron chi connectivity index (χ4n) is 2.34. The van der Waals surface area contributed by atoms with Gasteiger partial charge in [-0.2, -0.15) is 0 Å². The van der Waals surface area contributed by atoms with Gasteiger partial charge in [0.15, 0.2) is 0 Å². The summed E-state index contributed by atoms with van der Waals surface area (Å²) < 4.78 is 13.9. The van der Waals surface area contributed by atoms with Gasteiger partial charge in [0.25, 0.3) is 0 Å². The van der Waals surface area contributed by atoms with Crippen LogP contribution in [0.25, 0.3) is 11.1 Å². The molecule has 0 aromatic heterocycles. The number of hydrogen-bond acceptors (Lipinski definition) is 1. The van der Waals surface area contributed by atoms with Gasteiger partial charge in [-0.25, -0.2) is 0 Å². The number of rotatable bonds is 1. The van der Waals surface area contributed by atoms with Crippen molar-refractivity contribution in [3.63, 3.8) is 0 Å². The maximum absolute atomic E-state index is 12.4. The van der Waals surface area contributed by atoms with Gasteiger partial charge >= 0.3 is 115 Å². The van der Waals surface area contributed by atoms with E-state index in [9.17, 15) is 4.21 Å². The molecule has 0 fully saturated rings. The van der Waals surface area contributed by atoms with Crippen molar-refractivity contribution in [1.82, 2.24) is 0 Å². The second kappa shape index (κ2) is 4.20. The van der Waals surface area contributed by atoms with E-state index in [1.165, 1.54) is 9.14 Å². The molecule has 2 aromatic rings. The van der Waals surface area contributed by atoms with Crippen LogP contribution in [0.5, 0.6) is 0 Å². The molecular formula is C15H16OSSn. The molecule has 1 unspecified atom stereocenters. The molecule has 1 heterocycles. The van der Waals surface area contributed by atoms with Gasteiger partial charge in [0.2, 0.25) is 0 Å². The molecule has 3 rings (SSSR count). The van der Waals surface area contributed by atoms with Gasteiger partial charge in [0.1, 0.15) is 0 Å². The summed E-state index contributed by atoms with van der Waals surface area (Å²) in [5.74, 6) is 0. The van der Waals surface area contributed by atoms with Gasteiger partial charge in [0, 0.05) is 0 Å². The van der Waals surface area contributed by atoms with Crippen LogP contribution in [-0.2, 0) is 10.8 Å². The molecule has 92 valence electrons. The van der Waals surface area contributed by atoms with Gasteiger partial charge in [-0.3, -0.25) is 0 Å². The predicted octanol–water partition coefficient (Wildman–Crippen LogP) is 3.38. The van der Waals surface area contributed by atoms with E-state index in [4.69, 9.17) is 0 Å². The third kappa shape index (κ3) is 1.86. The van der Waals surface area contributed by atoms with Gasteiger partial charge in [0.05, 0.1) is 0 Å². The fraction of sp³-hybridized carbons (Fsp3) is 0.200. The minimum absolute atomic E-state index is 0.966. The predicted molar refractivity (Wildman–Crippen MR) is 79.5 cm³/mol. The van der Waals surface area contributed by atoms with Crippen molar-refractivity contribution in [1.29, 1.82) is 0 Å². The van der Waals surface area contributed by atoms with Crippen molar-refractivity contribution in [2.24, 2.45) is 0 Å². The van der Waals surface area contributed by atoms with Crippen molar-refractivity contribution in [3.8, 4) is 11.1 Å². The first-order valence-corrected chi connectivity index (χ1v) is 17.3. The van der Waals surface area contributed by atoms with Crippen LogP contribution in [0.2, 0.25) is 14.8 Å². The third-order valence-corrected chi connectivity index (χ3v) is 10.8. The topological polar surface area (TPSA) is 17.1 Å². The standard InChI is InChI=1S/C12H7OS.3CH3.Sn/c13-14-11-7-3-1-5-9(11)10-6-2-4-8-12(10)14;;;;/h1,3-8H;3*1H3;. The summed E-state index contributed by atoms with van der Waals surface area (Å²) in [5, 5.41) is 0. The minimum atomic E-state index is -2.05. The maximum atomic E-state index is 12.4. The first kappa shape index (κ1) is 12.4. The van der Waals surface area contributed by atoms with Crippen LogP contribution < -0.4 is 3.58 Å². The van der Waals surface area contributed by atoms with Crippen LogP contribution in [0.1, 0.15) is 0 Å². The monoisotopic (exact) mass is 364 g/mol. The van der Waals surface area contributed by atoms with Crippen LogP contribution in [0, 0.1) is 0 Å². The van der Waals surface area contributed by atoms with Crippen molar-refractivity contribution >= 4 is 32.8 Å². The Hall–Kier alpha value is -0.611. The molecule has 0 saturated carbocycles. The fourth-order valence-corrected chi connectivity index (χ4v) is 7.03. The molecule has 18 heavy (non-hydrogen) atoms. The van der Waals surface area contributed by atoms with Gasteiger partial charge in [-0.15, -0.1) is 0 Å². The zero-order valence-corrected chi connectivity index (χ0v) is 14.5. The van der Waals surface area contributed by atoms with Gasteiger partial charge in [-0.1, -0.05) is 0 Å². The summed E-state index contributed by atoms with van der Waals surface area (Å²) in [6.45, 7) is 0. The summed E-state index contributed by atoms with van der Waals surface area (Å²) in [4.78, 5) is 9.18. The van der Waals surface area contributed by atoms with Crippen LogP contribution in [-0.4, -0.2) is 22.6 Å². The summed E-state index contributed by atoms with van der Waals surface area (Å²) in [6.07, 6.45) is 0. The number of benzene rings is 2. The molecule has 0 aliphatic carbocycles. The Bertz CT molecular complexity index is 656. The van der Waals surface area contributed by atoms with Crippen molar-refractivity contribution in [2.45, 2.75) is 24.6 Å². The van der Waals surface area contributed by atoms with E-state index in [1.807, 2.05) is 18.2 Å². The molecular weight excluding hydrogens is 347 g/mol. The van der Waals surface area contributed by atoms with Crippen LogP contribution in [0.3, 0.4) is 0 Å². The average molecular weight is 363 g/mol. The molecule has 1 atom stereocenters. The van der Waals surface area contributed by atoms with E-state index in [1.54, 1.807) is 0 Å². The van der Waals surface area contributed by atoms with E-state index in [2.05, 4.69) is 39.1 Å². The second-order valence-corrected chi connectivity index (χ2v) is 21.6. The molecule has 0 N–H and O–H groups in total. The quantitative estimate of drug-likeness (QED) is 0.606. The zero-order valence-electron chi connectivity index (χ0n) is 10.9. The van der Waals surface area contributed by atoms with Crippen LogP contribution in [0.15, 0.2) is 52.3 Å².